The number of imide groups is 1. The summed E-state index contributed by atoms with van der Waals surface area (Å²) in [4.78, 5) is 61.7. The van der Waals surface area contributed by atoms with E-state index in [2.05, 4.69) is 47.5 Å². The number of nitrogens with zero attached hydrogens (tertiary/aromatic N) is 8. The summed E-state index contributed by atoms with van der Waals surface area (Å²) in [5.74, 6) is 0.647. The minimum atomic E-state index is -0.601. The molecule has 1 saturated carbocycles. The van der Waals surface area contributed by atoms with E-state index in [1.54, 1.807) is 11.1 Å². The van der Waals surface area contributed by atoms with E-state index < -0.39 is 6.04 Å². The van der Waals surface area contributed by atoms with Crippen LogP contribution in [0.4, 0.5) is 11.4 Å². The quantitative estimate of drug-likeness (QED) is 0.182. The molecule has 2 N–H and O–H groups in total. The Morgan fingerprint density at radius 1 is 0.931 bits per heavy atom. The molecule has 4 amide bonds. The number of ether oxygens (including phenoxy) is 1. The maximum atomic E-state index is 13.5. The number of hydrogen-bond donors (Lipinski definition) is 2. The first-order valence-corrected chi connectivity index (χ1v) is 20.8. The van der Waals surface area contributed by atoms with Gasteiger partial charge in [-0.3, -0.25) is 29.2 Å². The normalized spacial score (nSPS) is 20.9. The van der Waals surface area contributed by atoms with Crippen molar-refractivity contribution in [3.8, 4) is 5.75 Å². The first-order chi connectivity index (χ1) is 28.2. The molecule has 0 spiro atoms. The predicted molar refractivity (Wildman–Crippen MR) is 216 cm³/mol. The number of piperidine rings is 3. The zero-order chi connectivity index (χ0) is 39.5. The molecule has 7 heterocycles. The molecule has 0 bridgehead atoms. The fraction of sp³-hybridized carbons (Fsp3) is 0.452. The van der Waals surface area contributed by atoms with Crippen molar-refractivity contribution in [2.75, 3.05) is 49.5 Å². The second-order valence-corrected chi connectivity index (χ2v) is 17.0. The summed E-state index contributed by atoms with van der Waals surface area (Å²) in [5.41, 5.74) is 4.91. The zero-order valence-corrected chi connectivity index (χ0v) is 32.9. The highest BCUT2D eigenvalue weighted by Crippen LogP contribution is 2.37. The van der Waals surface area contributed by atoms with E-state index in [4.69, 9.17) is 21.4 Å². The van der Waals surface area contributed by atoms with Gasteiger partial charge in [-0.1, -0.05) is 11.6 Å². The summed E-state index contributed by atoms with van der Waals surface area (Å²) >= 11 is 6.07. The number of rotatable bonds is 10. The Morgan fingerprint density at radius 3 is 2.55 bits per heavy atom. The van der Waals surface area contributed by atoms with Crippen LogP contribution in [0.1, 0.15) is 83.7 Å². The summed E-state index contributed by atoms with van der Waals surface area (Å²) < 4.78 is 9.85. The smallest absolute Gasteiger partial charge is 0.261 e. The minimum absolute atomic E-state index is 0.136. The van der Waals surface area contributed by atoms with Crippen molar-refractivity contribution >= 4 is 63.2 Å². The molecule has 3 saturated heterocycles. The second kappa shape index (κ2) is 15.0. The summed E-state index contributed by atoms with van der Waals surface area (Å²) in [6.07, 6.45) is 13.9. The average Bonchev–Trinajstić information content (AvgIpc) is 3.67. The van der Waals surface area contributed by atoms with Crippen LogP contribution in [-0.2, 0) is 16.1 Å². The third-order valence-electron chi connectivity index (χ3n) is 12.5. The average molecular weight is 805 g/mol. The molecule has 0 radical (unpaired) electrons. The van der Waals surface area contributed by atoms with E-state index in [1.165, 1.54) is 16.9 Å². The number of likely N-dealkylation sites (tertiary alicyclic amines) is 1. The summed E-state index contributed by atoms with van der Waals surface area (Å²) in [6.45, 7) is 6.03. The lowest BCUT2D eigenvalue weighted by Gasteiger charge is -2.38. The summed E-state index contributed by atoms with van der Waals surface area (Å²) in [6, 6.07) is 9.62. The SMILES string of the molecule is O=C1CCC(N2Cc3cc(N4CCC(CN5CCC(n6cc7cc(NC(=O)c8cnn9cc(Cl)cnc89)c(OCC8CC8)cc7n6)CC5)CC4)ccc3C2=O)C(=O)N1. The van der Waals surface area contributed by atoms with Crippen molar-refractivity contribution < 1.29 is 23.9 Å². The minimum Gasteiger partial charge on any atom is -0.491 e. The number of amides is 4. The lowest BCUT2D eigenvalue weighted by Crippen LogP contribution is -2.52. The van der Waals surface area contributed by atoms with Gasteiger partial charge in [-0.25, -0.2) is 9.50 Å². The molecule has 5 aliphatic rings. The molecule has 4 fully saturated rings. The van der Waals surface area contributed by atoms with Gasteiger partial charge in [0.15, 0.2) is 5.65 Å². The Labute approximate surface area is 339 Å². The highest BCUT2D eigenvalue weighted by Gasteiger charge is 2.39. The molecule has 3 aromatic heterocycles. The third-order valence-corrected chi connectivity index (χ3v) is 12.7. The number of nitrogens with one attached hydrogen (secondary N) is 2. The molecule has 1 unspecified atom stereocenters. The Hall–Kier alpha value is -5.54. The van der Waals surface area contributed by atoms with Gasteiger partial charge in [-0.05, 0) is 86.6 Å². The highest BCUT2D eigenvalue weighted by molar-refractivity contribution is 6.30. The first-order valence-electron chi connectivity index (χ1n) is 20.4. The maximum Gasteiger partial charge on any atom is 0.261 e. The number of halogens is 1. The summed E-state index contributed by atoms with van der Waals surface area (Å²) in [7, 11) is 0. The van der Waals surface area contributed by atoms with Crippen molar-refractivity contribution in [3.63, 3.8) is 0 Å². The molecule has 10 rings (SSSR count). The van der Waals surface area contributed by atoms with Crippen LogP contribution in [-0.4, -0.2) is 103 Å². The van der Waals surface area contributed by atoms with E-state index in [9.17, 15) is 19.2 Å². The summed E-state index contributed by atoms with van der Waals surface area (Å²) in [5, 5.41) is 16.1. The van der Waals surface area contributed by atoms with Crippen LogP contribution < -0.4 is 20.3 Å². The zero-order valence-electron chi connectivity index (χ0n) is 32.1. The number of benzene rings is 2. The highest BCUT2D eigenvalue weighted by atomic mass is 35.5. The maximum absolute atomic E-state index is 13.5. The lowest BCUT2D eigenvalue weighted by atomic mass is 9.94. The van der Waals surface area contributed by atoms with Gasteiger partial charge in [0.2, 0.25) is 11.8 Å². The molecular weight excluding hydrogens is 760 g/mol. The predicted octanol–water partition coefficient (Wildman–Crippen LogP) is 5.09. The third kappa shape index (κ3) is 7.25. The fourth-order valence-corrected chi connectivity index (χ4v) is 9.17. The second-order valence-electron chi connectivity index (χ2n) is 16.5. The number of anilines is 2. The van der Waals surface area contributed by atoms with Gasteiger partial charge in [-0.2, -0.15) is 10.2 Å². The largest absolute Gasteiger partial charge is 0.491 e. The van der Waals surface area contributed by atoms with Gasteiger partial charge >= 0.3 is 0 Å². The van der Waals surface area contributed by atoms with E-state index in [1.807, 2.05) is 24.3 Å². The number of hydrogen-bond acceptors (Lipinski definition) is 10. The molecule has 2 aromatic carbocycles. The van der Waals surface area contributed by atoms with E-state index in [-0.39, 0.29) is 36.1 Å². The van der Waals surface area contributed by atoms with Crippen molar-refractivity contribution in [1.82, 2.24) is 39.5 Å². The van der Waals surface area contributed by atoms with Crippen molar-refractivity contribution in [2.45, 2.75) is 70.0 Å². The molecule has 15 nitrogen and oxygen atoms in total. The molecular formula is C42H45ClN10O5. The number of fused-ring (bicyclic) bond motifs is 3. The standard InChI is InChI=1S/C42H45ClN10O5/c43-29-18-44-39-33(19-45-53(39)23-29)40(55)46-35-16-28-22-52(48-34(28)17-37(35)58-24-26-1-2-26)30-9-11-49(12-10-30)20-25-7-13-50(14-8-25)31-3-4-32-27(15-31)21-51(42(32)57)36-5-6-38(54)47-41(36)56/h3-4,15-19,22-23,25-26,30,36H,1-2,5-14,20-21,24H2,(H,46,55)(H,47,54,56). The van der Waals surface area contributed by atoms with Crippen LogP contribution in [0.15, 0.2) is 55.1 Å². The number of carbonyl (C=O) groups excluding carboxylic acids is 4. The van der Waals surface area contributed by atoms with Gasteiger partial charge < -0.3 is 24.8 Å². The topological polar surface area (TPSA) is 159 Å². The molecule has 1 atom stereocenters. The Bertz CT molecular complexity index is 2450. The van der Waals surface area contributed by atoms with E-state index in [0.29, 0.717) is 64.6 Å². The molecule has 1 aliphatic carbocycles. The van der Waals surface area contributed by atoms with Crippen LogP contribution in [0.5, 0.6) is 5.75 Å². The Kier molecular flexibility index (Phi) is 9.51. The number of carbonyl (C=O) groups is 4. The van der Waals surface area contributed by atoms with Gasteiger partial charge in [0.05, 0.1) is 41.3 Å². The van der Waals surface area contributed by atoms with Gasteiger partial charge in [0, 0.05) is 80.8 Å². The molecule has 16 heteroatoms. The van der Waals surface area contributed by atoms with Gasteiger partial charge in [0.25, 0.3) is 11.8 Å². The molecule has 300 valence electrons. The lowest BCUT2D eigenvalue weighted by molar-refractivity contribution is -0.136. The van der Waals surface area contributed by atoms with Gasteiger partial charge in [0.1, 0.15) is 17.4 Å². The Morgan fingerprint density at radius 2 is 1.76 bits per heavy atom. The van der Waals surface area contributed by atoms with Crippen LogP contribution in [0.2, 0.25) is 5.02 Å². The van der Waals surface area contributed by atoms with Crippen LogP contribution in [0.3, 0.4) is 0 Å². The van der Waals surface area contributed by atoms with Crippen molar-refractivity contribution in [1.29, 1.82) is 0 Å². The number of aromatic nitrogens is 5. The first kappa shape index (κ1) is 36.8. The molecule has 58 heavy (non-hydrogen) atoms. The van der Waals surface area contributed by atoms with Crippen LogP contribution in [0, 0.1) is 11.8 Å². The van der Waals surface area contributed by atoms with E-state index in [0.717, 1.165) is 93.4 Å². The fourth-order valence-electron chi connectivity index (χ4n) is 9.03. The Balaban J connectivity index is 0.743. The monoisotopic (exact) mass is 804 g/mol. The van der Waals surface area contributed by atoms with Crippen molar-refractivity contribution in [2.24, 2.45) is 11.8 Å². The van der Waals surface area contributed by atoms with E-state index >= 15 is 0 Å². The van der Waals surface area contributed by atoms with Crippen LogP contribution in [0.25, 0.3) is 16.6 Å². The molecule has 4 aliphatic heterocycles. The van der Waals surface area contributed by atoms with Crippen molar-refractivity contribution in [3.05, 3.63) is 76.8 Å². The van der Waals surface area contributed by atoms with Crippen LogP contribution >= 0.6 is 11.6 Å². The van der Waals surface area contributed by atoms with Gasteiger partial charge in [-0.15, -0.1) is 0 Å². The molecule has 5 aromatic rings.